The molecule has 1 aromatic carbocycles. The lowest BCUT2D eigenvalue weighted by atomic mass is 10.1. The van der Waals surface area contributed by atoms with Gasteiger partial charge in [-0.3, -0.25) is 4.79 Å². The van der Waals surface area contributed by atoms with Gasteiger partial charge in [0.05, 0.1) is 5.69 Å². The number of anilines is 1. The summed E-state index contributed by atoms with van der Waals surface area (Å²) < 4.78 is 13.0. The largest absolute Gasteiger partial charge is 0.409 e. The van der Waals surface area contributed by atoms with Gasteiger partial charge in [0.25, 0.3) is 0 Å². The molecule has 2 rings (SSSR count). The summed E-state index contributed by atoms with van der Waals surface area (Å²) in [4.78, 5) is 11.6. The van der Waals surface area contributed by atoms with Crippen LogP contribution in [-0.4, -0.2) is 17.0 Å². The number of oxime groups is 1. The molecule has 17 heavy (non-hydrogen) atoms. The second-order valence-electron chi connectivity index (χ2n) is 3.94. The van der Waals surface area contributed by atoms with Crippen LogP contribution in [0.25, 0.3) is 0 Å². The molecule has 6 heteroatoms. The van der Waals surface area contributed by atoms with Crippen LogP contribution >= 0.6 is 0 Å². The lowest BCUT2D eigenvalue weighted by molar-refractivity contribution is -0.117. The third-order valence-electron chi connectivity index (χ3n) is 2.57. The predicted molar refractivity (Wildman–Crippen MR) is 60.3 cm³/mol. The zero-order valence-electron chi connectivity index (χ0n) is 8.98. The van der Waals surface area contributed by atoms with Crippen LogP contribution in [0, 0.1) is 11.7 Å². The van der Waals surface area contributed by atoms with Crippen LogP contribution in [0.3, 0.4) is 0 Å². The number of hydrogen-bond acceptors (Lipinski definition) is 3. The average molecular weight is 237 g/mol. The monoisotopic (exact) mass is 237 g/mol. The maximum absolute atomic E-state index is 13.0. The van der Waals surface area contributed by atoms with E-state index in [0.29, 0.717) is 5.69 Å². The Balaban J connectivity index is 2.28. The molecule has 5 nitrogen and oxygen atoms in total. The number of nitrogens with one attached hydrogen (secondary N) is 1. The van der Waals surface area contributed by atoms with E-state index in [1.165, 1.54) is 12.1 Å². The minimum atomic E-state index is -0.518. The number of amidine groups is 1. The first-order valence-electron chi connectivity index (χ1n) is 5.20. The third kappa shape index (κ3) is 2.52. The average Bonchev–Trinajstić information content (AvgIpc) is 3.14. The fourth-order valence-electron chi connectivity index (χ4n) is 1.47. The zero-order valence-corrected chi connectivity index (χ0v) is 8.98. The third-order valence-corrected chi connectivity index (χ3v) is 2.57. The van der Waals surface area contributed by atoms with E-state index in [1.807, 2.05) is 0 Å². The van der Waals surface area contributed by atoms with Gasteiger partial charge in [-0.1, -0.05) is 5.16 Å². The molecule has 0 aliphatic heterocycles. The van der Waals surface area contributed by atoms with Crippen LogP contribution < -0.4 is 11.1 Å². The molecule has 1 aromatic rings. The van der Waals surface area contributed by atoms with E-state index in [9.17, 15) is 9.18 Å². The number of rotatable bonds is 3. The predicted octanol–water partition coefficient (Wildman–Crippen LogP) is 1.27. The molecule has 90 valence electrons. The van der Waals surface area contributed by atoms with Crippen molar-refractivity contribution >= 4 is 17.4 Å². The van der Waals surface area contributed by atoms with Crippen molar-refractivity contribution in [1.29, 1.82) is 0 Å². The molecular weight excluding hydrogens is 225 g/mol. The summed E-state index contributed by atoms with van der Waals surface area (Å²) in [5.74, 6) is -0.851. The topological polar surface area (TPSA) is 87.7 Å². The van der Waals surface area contributed by atoms with Crippen LogP contribution in [0.2, 0.25) is 0 Å². The summed E-state index contributed by atoms with van der Waals surface area (Å²) >= 11 is 0. The molecule has 0 spiro atoms. The van der Waals surface area contributed by atoms with E-state index >= 15 is 0 Å². The lowest BCUT2D eigenvalue weighted by Gasteiger charge is -2.09. The molecule has 0 radical (unpaired) electrons. The first-order valence-corrected chi connectivity index (χ1v) is 5.20. The fraction of sp³-hybridized carbons (Fsp3) is 0.273. The quantitative estimate of drug-likeness (QED) is 0.320. The van der Waals surface area contributed by atoms with Gasteiger partial charge in [0.1, 0.15) is 5.82 Å². The summed E-state index contributed by atoms with van der Waals surface area (Å²) in [5, 5.41) is 14.0. The lowest BCUT2D eigenvalue weighted by Crippen LogP contribution is -2.20. The standard InChI is InChI=1S/C11H12FN3O2/c12-7-3-4-9(8(5-7)10(13)15-17)14-11(16)6-1-2-6/h3-6,17H,1-2H2,(H2,13,15)(H,14,16). The minimum Gasteiger partial charge on any atom is -0.409 e. The highest BCUT2D eigenvalue weighted by molar-refractivity contribution is 6.06. The molecule has 0 bridgehead atoms. The number of amides is 1. The van der Waals surface area contributed by atoms with Crippen molar-refractivity contribution < 1.29 is 14.4 Å². The van der Waals surface area contributed by atoms with Crippen molar-refractivity contribution in [3.63, 3.8) is 0 Å². The van der Waals surface area contributed by atoms with Gasteiger partial charge in [0, 0.05) is 11.5 Å². The Bertz CT molecular complexity index is 484. The van der Waals surface area contributed by atoms with E-state index in [4.69, 9.17) is 10.9 Å². The van der Waals surface area contributed by atoms with Gasteiger partial charge in [0.2, 0.25) is 5.91 Å². The van der Waals surface area contributed by atoms with Crippen LogP contribution in [0.15, 0.2) is 23.4 Å². The van der Waals surface area contributed by atoms with Crippen LogP contribution in [0.5, 0.6) is 0 Å². The zero-order chi connectivity index (χ0) is 12.4. The Hall–Kier alpha value is -2.11. The molecule has 1 aliphatic rings. The maximum Gasteiger partial charge on any atom is 0.227 e. The number of nitrogens with two attached hydrogens (primary N) is 1. The van der Waals surface area contributed by atoms with Crippen molar-refractivity contribution in [3.8, 4) is 0 Å². The highest BCUT2D eigenvalue weighted by Crippen LogP contribution is 2.30. The van der Waals surface area contributed by atoms with Crippen LogP contribution in [0.4, 0.5) is 10.1 Å². The smallest absolute Gasteiger partial charge is 0.227 e. The van der Waals surface area contributed by atoms with E-state index in [-0.39, 0.29) is 23.2 Å². The van der Waals surface area contributed by atoms with Crippen molar-refractivity contribution in [2.45, 2.75) is 12.8 Å². The van der Waals surface area contributed by atoms with Crippen molar-refractivity contribution in [2.24, 2.45) is 16.8 Å². The first-order chi connectivity index (χ1) is 8.11. The van der Waals surface area contributed by atoms with Crippen molar-refractivity contribution in [1.82, 2.24) is 0 Å². The van der Waals surface area contributed by atoms with Gasteiger partial charge in [0.15, 0.2) is 5.84 Å². The summed E-state index contributed by atoms with van der Waals surface area (Å²) in [7, 11) is 0. The second-order valence-corrected chi connectivity index (χ2v) is 3.94. The van der Waals surface area contributed by atoms with Gasteiger partial charge in [-0.2, -0.15) is 0 Å². The van der Waals surface area contributed by atoms with Crippen molar-refractivity contribution in [2.75, 3.05) is 5.32 Å². The number of carbonyl (C=O) groups is 1. The number of halogens is 1. The van der Waals surface area contributed by atoms with Gasteiger partial charge < -0.3 is 16.3 Å². The van der Waals surface area contributed by atoms with Crippen LogP contribution in [-0.2, 0) is 4.79 Å². The Morgan fingerprint density at radius 2 is 2.24 bits per heavy atom. The number of hydrogen-bond donors (Lipinski definition) is 3. The van der Waals surface area contributed by atoms with Crippen LogP contribution in [0.1, 0.15) is 18.4 Å². The van der Waals surface area contributed by atoms with E-state index in [2.05, 4.69) is 10.5 Å². The van der Waals surface area contributed by atoms with Crippen molar-refractivity contribution in [3.05, 3.63) is 29.6 Å². The van der Waals surface area contributed by atoms with Gasteiger partial charge >= 0.3 is 0 Å². The highest BCUT2D eigenvalue weighted by Gasteiger charge is 2.30. The summed E-state index contributed by atoms with van der Waals surface area (Å²) in [6, 6.07) is 3.71. The second kappa shape index (κ2) is 4.40. The Morgan fingerprint density at radius 1 is 1.53 bits per heavy atom. The molecule has 0 heterocycles. The van der Waals surface area contributed by atoms with E-state index < -0.39 is 5.82 Å². The summed E-state index contributed by atoms with van der Waals surface area (Å²) in [6.45, 7) is 0. The SMILES string of the molecule is N/C(=N/O)c1cc(F)ccc1NC(=O)C1CC1. The van der Waals surface area contributed by atoms with Gasteiger partial charge in [-0.25, -0.2) is 4.39 Å². The molecular formula is C11H12FN3O2. The van der Waals surface area contributed by atoms with E-state index in [0.717, 1.165) is 18.9 Å². The molecule has 0 atom stereocenters. The summed E-state index contributed by atoms with van der Waals surface area (Å²) in [5.41, 5.74) is 5.93. The highest BCUT2D eigenvalue weighted by atomic mass is 19.1. The normalized spacial score (nSPS) is 15.7. The molecule has 0 aromatic heterocycles. The Morgan fingerprint density at radius 3 is 2.82 bits per heavy atom. The molecule has 1 aliphatic carbocycles. The minimum absolute atomic E-state index is 0.0280. The molecule has 4 N–H and O–H groups in total. The fourth-order valence-corrected chi connectivity index (χ4v) is 1.47. The molecule has 0 unspecified atom stereocenters. The maximum atomic E-state index is 13.0. The summed E-state index contributed by atoms with van der Waals surface area (Å²) in [6.07, 6.45) is 1.73. The Kier molecular flexibility index (Phi) is 2.95. The molecule has 1 saturated carbocycles. The molecule has 1 fully saturated rings. The number of nitrogens with zero attached hydrogens (tertiary/aromatic N) is 1. The molecule has 1 amide bonds. The number of benzene rings is 1. The van der Waals surface area contributed by atoms with E-state index in [1.54, 1.807) is 0 Å². The van der Waals surface area contributed by atoms with Gasteiger partial charge in [-0.15, -0.1) is 0 Å². The van der Waals surface area contributed by atoms with Gasteiger partial charge in [-0.05, 0) is 31.0 Å². The Labute approximate surface area is 97.1 Å². The number of carbonyl (C=O) groups excluding carboxylic acids is 1. The first kappa shape index (κ1) is 11.4. The molecule has 0 saturated heterocycles.